The molecule has 3 aromatic rings. The number of hydrazone groups is 1. The number of nitrogens with one attached hydrogen (secondary N) is 2. The van der Waals surface area contributed by atoms with Gasteiger partial charge in [0, 0.05) is 41.6 Å². The van der Waals surface area contributed by atoms with Gasteiger partial charge in [-0.25, -0.2) is 5.43 Å². The smallest absolute Gasteiger partial charge is 0.329 e. The molecule has 0 radical (unpaired) electrons. The van der Waals surface area contributed by atoms with Crippen LogP contribution in [0.1, 0.15) is 33.6 Å². The minimum Gasteiger partial charge on any atom is -0.344 e. The summed E-state index contributed by atoms with van der Waals surface area (Å²) in [4.78, 5) is 27.8. The average Bonchev–Trinajstić information content (AvgIpc) is 3.00. The largest absolute Gasteiger partial charge is 0.344 e. The predicted octanol–water partition coefficient (Wildman–Crippen LogP) is 2.87. The SMILES string of the molecule is Cc1ccc(-n2c(C)cc(/C=N\NC(=O)C(=O)NCc3ccncc3)c2C)c(C)c1. The maximum absolute atomic E-state index is 12.0. The lowest BCUT2D eigenvalue weighted by Gasteiger charge is -2.13. The molecule has 3 rings (SSSR count). The van der Waals surface area contributed by atoms with Crippen LogP contribution in [0.4, 0.5) is 0 Å². The molecule has 154 valence electrons. The van der Waals surface area contributed by atoms with Crippen LogP contribution in [0.2, 0.25) is 0 Å². The van der Waals surface area contributed by atoms with Crippen molar-refractivity contribution in [3.05, 3.63) is 82.4 Å². The summed E-state index contributed by atoms with van der Waals surface area (Å²) in [7, 11) is 0. The molecule has 7 nitrogen and oxygen atoms in total. The molecule has 0 aliphatic carbocycles. The minimum atomic E-state index is -0.816. The van der Waals surface area contributed by atoms with Gasteiger partial charge in [-0.2, -0.15) is 5.10 Å². The Morgan fingerprint density at radius 1 is 1.03 bits per heavy atom. The first-order valence-electron chi connectivity index (χ1n) is 9.63. The number of rotatable bonds is 5. The van der Waals surface area contributed by atoms with Crippen LogP contribution in [-0.4, -0.2) is 27.6 Å². The van der Waals surface area contributed by atoms with Crippen molar-refractivity contribution in [2.75, 3.05) is 0 Å². The van der Waals surface area contributed by atoms with Crippen LogP contribution in [0, 0.1) is 27.7 Å². The van der Waals surface area contributed by atoms with Crippen molar-refractivity contribution in [1.82, 2.24) is 20.3 Å². The number of pyridine rings is 1. The van der Waals surface area contributed by atoms with E-state index in [1.54, 1.807) is 30.7 Å². The number of carbonyl (C=O) groups is 2. The fourth-order valence-electron chi connectivity index (χ4n) is 3.32. The highest BCUT2D eigenvalue weighted by molar-refractivity contribution is 6.35. The van der Waals surface area contributed by atoms with Crippen molar-refractivity contribution in [1.29, 1.82) is 0 Å². The van der Waals surface area contributed by atoms with Crippen molar-refractivity contribution >= 4 is 18.0 Å². The van der Waals surface area contributed by atoms with Gasteiger partial charge in [-0.3, -0.25) is 14.6 Å². The Morgan fingerprint density at radius 2 is 1.77 bits per heavy atom. The second kappa shape index (κ2) is 9.17. The van der Waals surface area contributed by atoms with Gasteiger partial charge in [0.05, 0.1) is 6.21 Å². The molecule has 0 saturated carbocycles. The third-order valence-electron chi connectivity index (χ3n) is 4.84. The molecule has 2 amide bonds. The Kier molecular flexibility index (Phi) is 6.41. The highest BCUT2D eigenvalue weighted by Crippen LogP contribution is 2.23. The molecule has 2 N–H and O–H groups in total. The van der Waals surface area contributed by atoms with E-state index in [0.717, 1.165) is 28.2 Å². The zero-order valence-corrected chi connectivity index (χ0v) is 17.6. The summed E-state index contributed by atoms with van der Waals surface area (Å²) in [5, 5.41) is 6.50. The number of benzene rings is 1. The third kappa shape index (κ3) is 4.81. The van der Waals surface area contributed by atoms with Crippen molar-refractivity contribution in [2.45, 2.75) is 34.2 Å². The van der Waals surface area contributed by atoms with Crippen LogP contribution in [-0.2, 0) is 16.1 Å². The predicted molar refractivity (Wildman–Crippen MR) is 117 cm³/mol. The van der Waals surface area contributed by atoms with Gasteiger partial charge in [0.15, 0.2) is 0 Å². The van der Waals surface area contributed by atoms with Crippen molar-refractivity contribution < 1.29 is 9.59 Å². The van der Waals surface area contributed by atoms with E-state index in [4.69, 9.17) is 0 Å². The van der Waals surface area contributed by atoms with E-state index in [1.165, 1.54) is 11.1 Å². The van der Waals surface area contributed by atoms with Crippen LogP contribution < -0.4 is 10.7 Å². The first-order valence-corrected chi connectivity index (χ1v) is 9.63. The Morgan fingerprint density at radius 3 is 2.47 bits per heavy atom. The molecular formula is C23H25N5O2. The van der Waals surface area contributed by atoms with Crippen LogP contribution in [0.15, 0.2) is 53.9 Å². The lowest BCUT2D eigenvalue weighted by atomic mass is 10.1. The quantitative estimate of drug-likeness (QED) is 0.390. The summed E-state index contributed by atoms with van der Waals surface area (Å²) in [6.45, 7) is 8.42. The maximum atomic E-state index is 12.0. The molecule has 0 unspecified atom stereocenters. The van der Waals surface area contributed by atoms with Crippen LogP contribution in [0.3, 0.4) is 0 Å². The Balaban J connectivity index is 1.65. The van der Waals surface area contributed by atoms with Gasteiger partial charge in [-0.15, -0.1) is 0 Å². The van der Waals surface area contributed by atoms with Gasteiger partial charge in [-0.05, 0) is 63.1 Å². The molecule has 0 bridgehead atoms. The van der Waals surface area contributed by atoms with Gasteiger partial charge in [0.2, 0.25) is 0 Å². The van der Waals surface area contributed by atoms with Gasteiger partial charge in [0.25, 0.3) is 0 Å². The monoisotopic (exact) mass is 403 g/mol. The fourth-order valence-corrected chi connectivity index (χ4v) is 3.32. The number of aryl methyl sites for hydroxylation is 3. The van der Waals surface area contributed by atoms with Gasteiger partial charge < -0.3 is 9.88 Å². The molecular weight excluding hydrogens is 378 g/mol. The lowest BCUT2D eigenvalue weighted by molar-refractivity contribution is -0.139. The maximum Gasteiger partial charge on any atom is 0.329 e. The van der Waals surface area contributed by atoms with E-state index in [1.807, 2.05) is 19.9 Å². The first-order chi connectivity index (χ1) is 14.4. The second-order valence-corrected chi connectivity index (χ2v) is 7.19. The highest BCUT2D eigenvalue weighted by Gasteiger charge is 2.13. The molecule has 0 saturated heterocycles. The van der Waals surface area contributed by atoms with Gasteiger partial charge in [-0.1, -0.05) is 17.7 Å². The minimum absolute atomic E-state index is 0.246. The van der Waals surface area contributed by atoms with Gasteiger partial charge >= 0.3 is 11.8 Å². The lowest BCUT2D eigenvalue weighted by Crippen LogP contribution is -2.37. The van der Waals surface area contributed by atoms with Crippen LogP contribution in [0.25, 0.3) is 5.69 Å². The van der Waals surface area contributed by atoms with E-state index >= 15 is 0 Å². The number of aromatic nitrogens is 2. The number of hydrogen-bond acceptors (Lipinski definition) is 4. The molecule has 0 spiro atoms. The topological polar surface area (TPSA) is 88.4 Å². The zero-order valence-electron chi connectivity index (χ0n) is 17.6. The van der Waals surface area contributed by atoms with Crippen molar-refractivity contribution in [3.8, 4) is 5.69 Å². The molecule has 30 heavy (non-hydrogen) atoms. The molecule has 2 heterocycles. The molecule has 1 aromatic carbocycles. The number of hydrogen-bond donors (Lipinski definition) is 2. The van der Waals surface area contributed by atoms with E-state index < -0.39 is 11.8 Å². The summed E-state index contributed by atoms with van der Waals surface area (Å²) < 4.78 is 2.15. The summed E-state index contributed by atoms with van der Waals surface area (Å²) in [5.41, 5.74) is 9.56. The molecule has 7 heteroatoms. The van der Waals surface area contributed by atoms with E-state index in [-0.39, 0.29) is 6.54 Å². The van der Waals surface area contributed by atoms with E-state index in [0.29, 0.717) is 0 Å². The van der Waals surface area contributed by atoms with E-state index in [2.05, 4.69) is 57.4 Å². The Bertz CT molecular complexity index is 1100. The first kappa shape index (κ1) is 21.0. The third-order valence-corrected chi connectivity index (χ3v) is 4.84. The summed E-state index contributed by atoms with van der Waals surface area (Å²) in [5.74, 6) is -1.56. The van der Waals surface area contributed by atoms with Crippen molar-refractivity contribution in [3.63, 3.8) is 0 Å². The Hall–Kier alpha value is -3.74. The summed E-state index contributed by atoms with van der Waals surface area (Å²) in [6, 6.07) is 11.9. The second-order valence-electron chi connectivity index (χ2n) is 7.19. The normalized spacial score (nSPS) is 10.9. The molecule has 0 aliphatic heterocycles. The molecule has 0 atom stereocenters. The highest BCUT2D eigenvalue weighted by atomic mass is 16.2. The Labute approximate surface area is 175 Å². The van der Waals surface area contributed by atoms with Crippen LogP contribution in [0.5, 0.6) is 0 Å². The van der Waals surface area contributed by atoms with Crippen molar-refractivity contribution in [2.24, 2.45) is 5.10 Å². The number of nitrogens with zero attached hydrogens (tertiary/aromatic N) is 3. The van der Waals surface area contributed by atoms with Crippen LogP contribution >= 0.6 is 0 Å². The standard InChI is InChI=1S/C23H25N5O2/c1-15-5-6-21(16(2)11-15)28-17(3)12-20(18(28)4)14-26-27-23(30)22(29)25-13-19-7-9-24-10-8-19/h5-12,14H,13H2,1-4H3,(H,25,29)(H,27,30)/b26-14-. The zero-order chi connectivity index (χ0) is 21.7. The molecule has 2 aromatic heterocycles. The molecule has 0 aliphatic rings. The molecule has 0 fully saturated rings. The number of carbonyl (C=O) groups excluding carboxylic acids is 2. The van der Waals surface area contributed by atoms with Gasteiger partial charge in [0.1, 0.15) is 0 Å². The summed E-state index contributed by atoms with van der Waals surface area (Å²) in [6.07, 6.45) is 4.80. The fraction of sp³-hybridized carbons (Fsp3) is 0.217. The number of amides is 2. The van der Waals surface area contributed by atoms with E-state index in [9.17, 15) is 9.59 Å². The summed E-state index contributed by atoms with van der Waals surface area (Å²) >= 11 is 0. The average molecular weight is 403 g/mol.